The van der Waals surface area contributed by atoms with E-state index in [9.17, 15) is 0 Å². The molecule has 0 rings (SSSR count). The molecule has 0 heterocycles. The molecule has 0 aromatic heterocycles. The Hall–Kier alpha value is 0.557. The van der Waals surface area contributed by atoms with Crippen LogP contribution in [-0.4, -0.2) is 50.5 Å². The quantitative estimate of drug-likeness (QED) is 0.0418. The number of hydrogen-bond donors (Lipinski definition) is 0. The van der Waals surface area contributed by atoms with E-state index in [-0.39, 0.29) is 18.9 Å². The number of quaternary nitrogens is 1. The van der Waals surface area contributed by atoms with Gasteiger partial charge in [0.15, 0.2) is 0 Å². The van der Waals surface area contributed by atoms with Crippen molar-refractivity contribution in [3.8, 4) is 0 Å². The van der Waals surface area contributed by atoms with Crippen LogP contribution in [-0.2, 0) is 0 Å². The Bertz CT molecular complexity index is 397. The molecule has 0 atom stereocenters. The van der Waals surface area contributed by atoms with E-state index in [4.69, 9.17) is 0 Å². The molecule has 0 aromatic carbocycles. The Balaban J connectivity index is 0. The average molecular weight is 559 g/mol. The summed E-state index contributed by atoms with van der Waals surface area (Å²) in [5, 5.41) is 0. The van der Waals surface area contributed by atoms with Gasteiger partial charge >= 0.3 is 18.9 Å². The van der Waals surface area contributed by atoms with E-state index >= 15 is 0 Å². The SMILES string of the molecule is CCCCCCCCCCCCCCCCCC[N+](C)(C)CCCCCCCCCCCCCCCCCC.[LiH]. The van der Waals surface area contributed by atoms with E-state index in [0.29, 0.717) is 0 Å². The first-order chi connectivity index (χ1) is 19.1. The van der Waals surface area contributed by atoms with Crippen LogP contribution in [0.2, 0.25) is 0 Å². The number of rotatable bonds is 34. The van der Waals surface area contributed by atoms with Crippen molar-refractivity contribution in [2.45, 2.75) is 219 Å². The molecule has 238 valence electrons. The van der Waals surface area contributed by atoms with Gasteiger partial charge in [-0.2, -0.15) is 0 Å². The molecule has 0 N–H and O–H groups in total. The molecule has 2 heteroatoms. The molecule has 0 aliphatic heterocycles. The van der Waals surface area contributed by atoms with E-state index < -0.39 is 0 Å². The summed E-state index contributed by atoms with van der Waals surface area (Å²) in [6, 6.07) is 0. The first-order valence-electron chi connectivity index (χ1n) is 18.9. The van der Waals surface area contributed by atoms with Gasteiger partial charge in [0.05, 0.1) is 27.2 Å². The molecule has 0 amide bonds. The number of unbranched alkanes of at least 4 members (excludes halogenated alkanes) is 30. The Labute approximate surface area is 269 Å². The summed E-state index contributed by atoms with van der Waals surface area (Å²) in [6.07, 6.45) is 46.9. The molecule has 0 spiro atoms. The zero-order chi connectivity index (χ0) is 28.5. The zero-order valence-corrected chi connectivity index (χ0v) is 28.5. The Morgan fingerprint density at radius 1 is 0.250 bits per heavy atom. The van der Waals surface area contributed by atoms with Gasteiger partial charge in [-0.25, -0.2) is 0 Å². The van der Waals surface area contributed by atoms with Gasteiger partial charge in [0.1, 0.15) is 0 Å². The van der Waals surface area contributed by atoms with E-state index in [0.717, 1.165) is 0 Å². The standard InChI is InChI=1S/C38H80N.Li.H/c1-5-7-9-11-13-15-17-19-21-23-25-27-29-31-33-35-37-39(3,4)38-36-34-32-30-28-26-24-22-20-18-16-14-12-10-8-6-2;;/h5-38H2,1-4H3;;/q+1;;. The van der Waals surface area contributed by atoms with Crippen molar-refractivity contribution in [3.05, 3.63) is 0 Å². The van der Waals surface area contributed by atoms with Gasteiger partial charge < -0.3 is 4.48 Å². The van der Waals surface area contributed by atoms with Gasteiger partial charge in [-0.05, 0) is 25.7 Å². The Morgan fingerprint density at radius 2 is 0.400 bits per heavy atom. The fraction of sp³-hybridized carbons (Fsp3) is 1.00. The van der Waals surface area contributed by atoms with Crippen molar-refractivity contribution in [1.82, 2.24) is 0 Å². The predicted octanol–water partition coefficient (Wildman–Crippen LogP) is 12.9. The predicted molar refractivity (Wildman–Crippen MR) is 188 cm³/mol. The third-order valence-corrected chi connectivity index (χ3v) is 9.23. The molecular formula is C38H81LiN+. The molecule has 40 heavy (non-hydrogen) atoms. The molecule has 0 aliphatic carbocycles. The zero-order valence-electron chi connectivity index (χ0n) is 28.5. The average Bonchev–Trinajstić information content (AvgIpc) is 2.92. The fourth-order valence-electron chi connectivity index (χ4n) is 6.29. The first-order valence-corrected chi connectivity index (χ1v) is 18.9. The minimum absolute atomic E-state index is 0. The van der Waals surface area contributed by atoms with Crippen LogP contribution in [0, 0.1) is 0 Å². The van der Waals surface area contributed by atoms with Gasteiger partial charge in [-0.15, -0.1) is 0 Å². The van der Waals surface area contributed by atoms with Crippen LogP contribution < -0.4 is 0 Å². The summed E-state index contributed by atoms with van der Waals surface area (Å²) in [5.74, 6) is 0. The van der Waals surface area contributed by atoms with E-state index in [1.807, 2.05) is 0 Å². The number of nitrogens with zero attached hydrogens (tertiary/aromatic N) is 1. The van der Waals surface area contributed by atoms with Crippen LogP contribution in [0.3, 0.4) is 0 Å². The molecule has 0 aliphatic rings. The first kappa shape index (κ1) is 42.7. The van der Waals surface area contributed by atoms with Crippen molar-refractivity contribution in [1.29, 1.82) is 0 Å². The maximum atomic E-state index is 2.47. The molecule has 0 radical (unpaired) electrons. The van der Waals surface area contributed by atoms with Gasteiger partial charge in [-0.3, -0.25) is 0 Å². The Kier molecular flexibility index (Phi) is 38.2. The van der Waals surface area contributed by atoms with Crippen LogP contribution >= 0.6 is 0 Å². The fourth-order valence-corrected chi connectivity index (χ4v) is 6.29. The second kappa shape index (κ2) is 35.8. The third kappa shape index (κ3) is 36.6. The maximum absolute atomic E-state index is 2.47. The van der Waals surface area contributed by atoms with E-state index in [1.165, 1.54) is 223 Å². The van der Waals surface area contributed by atoms with Gasteiger partial charge in [0.2, 0.25) is 0 Å². The number of hydrogen-bond acceptors (Lipinski definition) is 0. The van der Waals surface area contributed by atoms with Crippen molar-refractivity contribution in [2.75, 3.05) is 27.2 Å². The van der Waals surface area contributed by atoms with Gasteiger partial charge in [0.25, 0.3) is 0 Å². The molecule has 0 unspecified atom stereocenters. The van der Waals surface area contributed by atoms with Crippen LogP contribution in [0.25, 0.3) is 0 Å². The summed E-state index contributed by atoms with van der Waals surface area (Å²) in [7, 11) is 4.94. The summed E-state index contributed by atoms with van der Waals surface area (Å²) in [6.45, 7) is 7.39. The minimum atomic E-state index is 0. The monoisotopic (exact) mass is 559 g/mol. The molecule has 0 saturated heterocycles. The molecule has 0 fully saturated rings. The van der Waals surface area contributed by atoms with E-state index in [2.05, 4.69) is 27.9 Å². The van der Waals surface area contributed by atoms with Crippen LogP contribution in [0.5, 0.6) is 0 Å². The topological polar surface area (TPSA) is 0 Å². The third-order valence-electron chi connectivity index (χ3n) is 9.23. The van der Waals surface area contributed by atoms with Crippen molar-refractivity contribution in [2.24, 2.45) is 0 Å². The second-order valence-electron chi connectivity index (χ2n) is 14.0. The summed E-state index contributed by atoms with van der Waals surface area (Å²) in [4.78, 5) is 0. The van der Waals surface area contributed by atoms with Crippen LogP contribution in [0.4, 0.5) is 0 Å². The summed E-state index contributed by atoms with van der Waals surface area (Å²) >= 11 is 0. The molecule has 0 saturated carbocycles. The normalized spacial score (nSPS) is 11.7. The van der Waals surface area contributed by atoms with E-state index in [1.54, 1.807) is 0 Å². The van der Waals surface area contributed by atoms with Crippen molar-refractivity contribution in [3.63, 3.8) is 0 Å². The van der Waals surface area contributed by atoms with Crippen LogP contribution in [0.15, 0.2) is 0 Å². The van der Waals surface area contributed by atoms with Crippen LogP contribution in [0.1, 0.15) is 219 Å². The summed E-state index contributed by atoms with van der Waals surface area (Å²) in [5.41, 5.74) is 0. The molecular weight excluding hydrogens is 477 g/mol. The van der Waals surface area contributed by atoms with Gasteiger partial charge in [0, 0.05) is 0 Å². The van der Waals surface area contributed by atoms with Crippen molar-refractivity contribution >= 4 is 18.9 Å². The summed E-state index contributed by atoms with van der Waals surface area (Å²) < 4.78 is 1.25. The molecule has 0 bridgehead atoms. The van der Waals surface area contributed by atoms with Gasteiger partial charge in [-0.1, -0.05) is 194 Å². The molecule has 0 aromatic rings. The van der Waals surface area contributed by atoms with Crippen molar-refractivity contribution < 1.29 is 4.48 Å². The second-order valence-corrected chi connectivity index (χ2v) is 14.0. The molecule has 1 nitrogen and oxygen atoms in total. The Morgan fingerprint density at radius 3 is 0.575 bits per heavy atom.